The lowest BCUT2D eigenvalue weighted by molar-refractivity contribution is 0.0689. The van der Waals surface area contributed by atoms with Crippen molar-refractivity contribution in [3.8, 4) is 0 Å². The highest BCUT2D eigenvalue weighted by Gasteiger charge is 2.22. The molecule has 5 heteroatoms. The first-order valence-electron chi connectivity index (χ1n) is 4.66. The van der Waals surface area contributed by atoms with E-state index in [0.717, 1.165) is 37.3 Å². The summed E-state index contributed by atoms with van der Waals surface area (Å²) < 4.78 is 2.00. The standard InChI is InChI=1S/C9H12N2O2S/c12-9(13)8-6-3-1-2-4-11(6)7(5-14)10-8/h14H,1-5H2,(H,12,13). The summed E-state index contributed by atoms with van der Waals surface area (Å²) in [5.74, 6) is 0.351. The molecule has 0 aromatic carbocycles. The summed E-state index contributed by atoms with van der Waals surface area (Å²) in [5, 5.41) is 8.95. The van der Waals surface area contributed by atoms with Crippen LogP contribution in [0.3, 0.4) is 0 Å². The third kappa shape index (κ3) is 1.41. The Morgan fingerprint density at radius 1 is 1.57 bits per heavy atom. The zero-order valence-electron chi connectivity index (χ0n) is 7.73. The number of aromatic nitrogens is 2. The van der Waals surface area contributed by atoms with Crippen molar-refractivity contribution in [2.75, 3.05) is 0 Å². The minimum atomic E-state index is -0.927. The van der Waals surface area contributed by atoms with E-state index in [1.165, 1.54) is 0 Å². The van der Waals surface area contributed by atoms with Crippen molar-refractivity contribution in [1.82, 2.24) is 9.55 Å². The topological polar surface area (TPSA) is 55.1 Å². The average molecular weight is 212 g/mol. The van der Waals surface area contributed by atoms with Crippen molar-refractivity contribution in [2.45, 2.75) is 31.6 Å². The van der Waals surface area contributed by atoms with Gasteiger partial charge in [-0.15, -0.1) is 0 Å². The molecule has 0 spiro atoms. The van der Waals surface area contributed by atoms with Crippen LogP contribution in [0.2, 0.25) is 0 Å². The summed E-state index contributed by atoms with van der Waals surface area (Å²) in [6, 6.07) is 0. The molecule has 14 heavy (non-hydrogen) atoms. The van der Waals surface area contributed by atoms with Gasteiger partial charge in [0.1, 0.15) is 5.82 Å². The molecule has 1 aromatic rings. The number of aromatic carboxylic acids is 1. The first kappa shape index (κ1) is 9.58. The number of carboxylic acid groups (broad SMARTS) is 1. The fourth-order valence-electron chi connectivity index (χ4n) is 1.91. The highest BCUT2D eigenvalue weighted by atomic mass is 32.1. The van der Waals surface area contributed by atoms with E-state index in [1.807, 2.05) is 4.57 Å². The zero-order valence-corrected chi connectivity index (χ0v) is 8.63. The highest BCUT2D eigenvalue weighted by molar-refractivity contribution is 7.79. The smallest absolute Gasteiger partial charge is 0.356 e. The van der Waals surface area contributed by atoms with Crippen LogP contribution in [-0.2, 0) is 18.7 Å². The lowest BCUT2D eigenvalue weighted by Gasteiger charge is -2.16. The Bertz CT molecular complexity index is 373. The fraction of sp³-hybridized carbons (Fsp3) is 0.556. The number of thiol groups is 1. The van der Waals surface area contributed by atoms with Gasteiger partial charge in [-0.05, 0) is 19.3 Å². The molecule has 0 saturated heterocycles. The van der Waals surface area contributed by atoms with Gasteiger partial charge in [0.2, 0.25) is 0 Å². The summed E-state index contributed by atoms with van der Waals surface area (Å²) in [4.78, 5) is 15.0. The maximum absolute atomic E-state index is 10.9. The van der Waals surface area contributed by atoms with Crippen molar-refractivity contribution in [3.05, 3.63) is 17.2 Å². The molecule has 0 atom stereocenters. The second-order valence-corrected chi connectivity index (χ2v) is 3.71. The molecule has 0 unspecified atom stereocenters. The van der Waals surface area contributed by atoms with Gasteiger partial charge in [0.05, 0.1) is 5.69 Å². The lowest BCUT2D eigenvalue weighted by atomic mass is 10.1. The van der Waals surface area contributed by atoms with Crippen molar-refractivity contribution < 1.29 is 9.90 Å². The molecular weight excluding hydrogens is 200 g/mol. The molecule has 2 heterocycles. The Morgan fingerprint density at radius 3 is 3.00 bits per heavy atom. The fourth-order valence-corrected chi connectivity index (χ4v) is 2.15. The minimum absolute atomic E-state index is 0.216. The van der Waals surface area contributed by atoms with Crippen LogP contribution in [0, 0.1) is 0 Å². The van der Waals surface area contributed by atoms with E-state index in [0.29, 0.717) is 5.75 Å². The number of hydrogen-bond acceptors (Lipinski definition) is 3. The third-order valence-electron chi connectivity index (χ3n) is 2.54. The molecule has 0 amide bonds. The zero-order chi connectivity index (χ0) is 10.1. The number of carbonyl (C=O) groups is 1. The van der Waals surface area contributed by atoms with Gasteiger partial charge in [0, 0.05) is 12.3 Å². The molecule has 0 radical (unpaired) electrons. The number of nitrogens with zero attached hydrogens (tertiary/aromatic N) is 2. The summed E-state index contributed by atoms with van der Waals surface area (Å²) >= 11 is 4.15. The normalized spacial score (nSPS) is 15.2. The highest BCUT2D eigenvalue weighted by Crippen LogP contribution is 2.21. The van der Waals surface area contributed by atoms with Crippen LogP contribution in [0.1, 0.15) is 34.8 Å². The third-order valence-corrected chi connectivity index (χ3v) is 2.82. The van der Waals surface area contributed by atoms with Crippen LogP contribution in [0.25, 0.3) is 0 Å². The SMILES string of the molecule is O=C(O)c1nc(CS)n2c1CCCC2. The van der Waals surface area contributed by atoms with Crippen LogP contribution < -0.4 is 0 Å². The molecule has 2 rings (SSSR count). The maximum Gasteiger partial charge on any atom is 0.356 e. The van der Waals surface area contributed by atoms with Crippen molar-refractivity contribution in [3.63, 3.8) is 0 Å². The predicted octanol–water partition coefficient (Wildman–Crippen LogP) is 1.35. The molecule has 0 fully saturated rings. The van der Waals surface area contributed by atoms with Crippen LogP contribution in [0.15, 0.2) is 0 Å². The Hall–Kier alpha value is -0.970. The van der Waals surface area contributed by atoms with Gasteiger partial charge in [-0.25, -0.2) is 9.78 Å². The van der Waals surface area contributed by atoms with Crippen LogP contribution in [0.5, 0.6) is 0 Å². The molecule has 0 saturated carbocycles. The van der Waals surface area contributed by atoms with Gasteiger partial charge in [-0.1, -0.05) is 0 Å². The van der Waals surface area contributed by atoms with E-state index >= 15 is 0 Å². The van der Waals surface area contributed by atoms with Gasteiger partial charge in [0.15, 0.2) is 5.69 Å². The molecule has 0 bridgehead atoms. The van der Waals surface area contributed by atoms with Gasteiger partial charge in [0.25, 0.3) is 0 Å². The van der Waals surface area contributed by atoms with E-state index in [9.17, 15) is 4.79 Å². The molecule has 4 nitrogen and oxygen atoms in total. The van der Waals surface area contributed by atoms with Crippen LogP contribution in [-0.4, -0.2) is 20.6 Å². The van der Waals surface area contributed by atoms with Gasteiger partial charge in [-0.3, -0.25) is 0 Å². The van der Waals surface area contributed by atoms with E-state index in [-0.39, 0.29) is 5.69 Å². The molecular formula is C9H12N2O2S. The minimum Gasteiger partial charge on any atom is -0.476 e. The number of imidazole rings is 1. The summed E-state index contributed by atoms with van der Waals surface area (Å²) in [5.41, 5.74) is 1.08. The van der Waals surface area contributed by atoms with Crippen LogP contribution >= 0.6 is 12.6 Å². The van der Waals surface area contributed by atoms with Crippen molar-refractivity contribution in [2.24, 2.45) is 0 Å². The quantitative estimate of drug-likeness (QED) is 0.727. The second-order valence-electron chi connectivity index (χ2n) is 3.40. The van der Waals surface area contributed by atoms with Crippen molar-refractivity contribution >= 4 is 18.6 Å². The summed E-state index contributed by atoms with van der Waals surface area (Å²) in [7, 11) is 0. The molecule has 76 valence electrons. The molecule has 1 aromatic heterocycles. The number of rotatable bonds is 2. The van der Waals surface area contributed by atoms with Gasteiger partial charge < -0.3 is 9.67 Å². The number of carboxylic acids is 1. The monoisotopic (exact) mass is 212 g/mol. The summed E-state index contributed by atoms with van der Waals surface area (Å²) in [6.07, 6.45) is 2.98. The number of fused-ring (bicyclic) bond motifs is 1. The lowest BCUT2D eigenvalue weighted by Crippen LogP contribution is -2.14. The van der Waals surface area contributed by atoms with Crippen molar-refractivity contribution in [1.29, 1.82) is 0 Å². The van der Waals surface area contributed by atoms with E-state index in [1.54, 1.807) is 0 Å². The summed E-state index contributed by atoms with van der Waals surface area (Å²) in [6.45, 7) is 0.880. The molecule has 1 aliphatic rings. The van der Waals surface area contributed by atoms with Gasteiger partial charge >= 0.3 is 5.97 Å². The first-order valence-corrected chi connectivity index (χ1v) is 5.29. The largest absolute Gasteiger partial charge is 0.476 e. The van der Waals surface area contributed by atoms with E-state index in [2.05, 4.69) is 17.6 Å². The number of hydrogen-bond donors (Lipinski definition) is 2. The Kier molecular flexibility index (Phi) is 2.50. The maximum atomic E-state index is 10.9. The van der Waals surface area contributed by atoms with E-state index in [4.69, 9.17) is 5.11 Å². The molecule has 1 aliphatic heterocycles. The van der Waals surface area contributed by atoms with E-state index < -0.39 is 5.97 Å². The Labute approximate surface area is 87.4 Å². The first-order chi connectivity index (χ1) is 6.74. The molecule has 0 aliphatic carbocycles. The Morgan fingerprint density at radius 2 is 2.36 bits per heavy atom. The second kappa shape index (κ2) is 3.65. The van der Waals surface area contributed by atoms with Gasteiger partial charge in [-0.2, -0.15) is 12.6 Å². The predicted molar refractivity (Wildman–Crippen MR) is 54.8 cm³/mol. The molecule has 1 N–H and O–H groups in total. The Balaban J connectivity index is 2.52. The average Bonchev–Trinajstić information content (AvgIpc) is 2.56. The van der Waals surface area contributed by atoms with Crippen LogP contribution in [0.4, 0.5) is 0 Å².